The van der Waals surface area contributed by atoms with Crippen molar-refractivity contribution in [2.45, 2.75) is 65.8 Å². The molecule has 1 aliphatic rings. The van der Waals surface area contributed by atoms with Crippen LogP contribution in [-0.4, -0.2) is 65.2 Å². The number of alkyl carbamates (subject to hydrolysis) is 1. The number of carbonyl (C=O) groups excluding carboxylic acids is 3. The van der Waals surface area contributed by atoms with Crippen molar-refractivity contribution < 1.29 is 23.9 Å². The fraction of sp³-hybridized carbons (Fsp3) is 0.609. The van der Waals surface area contributed by atoms with E-state index in [4.69, 9.17) is 9.47 Å². The molecule has 0 spiro atoms. The number of hydrogen-bond donors (Lipinski definition) is 1. The lowest BCUT2D eigenvalue weighted by Gasteiger charge is -2.41. The monoisotopic (exact) mass is 433 g/mol. The second-order valence-electron chi connectivity index (χ2n) is 9.23. The molecule has 172 valence electrons. The Hall–Kier alpha value is -2.77. The zero-order valence-electron chi connectivity index (χ0n) is 19.4. The van der Waals surface area contributed by atoms with Crippen molar-refractivity contribution in [3.05, 3.63) is 35.9 Å². The molecule has 1 heterocycles. The summed E-state index contributed by atoms with van der Waals surface area (Å²) in [5, 5.41) is 2.71. The minimum absolute atomic E-state index is 0.118. The van der Waals surface area contributed by atoms with Gasteiger partial charge in [-0.1, -0.05) is 44.2 Å². The van der Waals surface area contributed by atoms with E-state index in [1.165, 1.54) is 0 Å². The van der Waals surface area contributed by atoms with E-state index in [9.17, 15) is 14.4 Å². The van der Waals surface area contributed by atoms with Crippen LogP contribution in [-0.2, 0) is 20.9 Å². The van der Waals surface area contributed by atoms with Gasteiger partial charge in [-0.05, 0) is 39.2 Å². The minimum Gasteiger partial charge on any atom is -0.445 e. The molecule has 31 heavy (non-hydrogen) atoms. The highest BCUT2D eigenvalue weighted by Gasteiger charge is 2.36. The first-order valence-electron chi connectivity index (χ1n) is 10.7. The summed E-state index contributed by atoms with van der Waals surface area (Å²) in [4.78, 5) is 41.2. The van der Waals surface area contributed by atoms with Crippen molar-refractivity contribution in [3.63, 3.8) is 0 Å². The third-order valence-electron chi connectivity index (χ3n) is 4.98. The van der Waals surface area contributed by atoms with E-state index in [0.29, 0.717) is 19.6 Å². The number of ether oxygens (including phenoxy) is 2. The van der Waals surface area contributed by atoms with E-state index < -0.39 is 17.7 Å². The molecule has 1 aromatic carbocycles. The van der Waals surface area contributed by atoms with Crippen molar-refractivity contribution in [3.8, 4) is 0 Å². The fourth-order valence-electron chi connectivity index (χ4n) is 3.36. The molecular weight excluding hydrogens is 398 g/mol. The maximum absolute atomic E-state index is 13.2. The van der Waals surface area contributed by atoms with Gasteiger partial charge in [-0.3, -0.25) is 4.79 Å². The topological polar surface area (TPSA) is 88.2 Å². The molecule has 1 fully saturated rings. The van der Waals surface area contributed by atoms with Gasteiger partial charge in [0.05, 0.1) is 0 Å². The minimum atomic E-state index is -0.709. The number of amides is 3. The highest BCUT2D eigenvalue weighted by Crippen LogP contribution is 2.17. The number of benzene rings is 1. The Labute approximate surface area is 184 Å². The standard InChI is InChI=1S/C23H35N3O5/c1-16(2)19(24-21(28)30-15-18-10-8-7-9-11-18)20(27)26-13-12-25(14-17(26)3)22(29)31-23(4,5)6/h7-11,16-17,19H,12-15H2,1-6H3,(H,24,28)/t17-,19+/m1/s1. The number of rotatable bonds is 5. The number of nitrogens with one attached hydrogen (secondary N) is 1. The van der Waals surface area contributed by atoms with Gasteiger partial charge in [0.15, 0.2) is 0 Å². The van der Waals surface area contributed by atoms with Gasteiger partial charge >= 0.3 is 12.2 Å². The first-order chi connectivity index (χ1) is 14.5. The fourth-order valence-corrected chi connectivity index (χ4v) is 3.36. The molecule has 2 rings (SSSR count). The van der Waals surface area contributed by atoms with Gasteiger partial charge in [-0.25, -0.2) is 9.59 Å². The average Bonchev–Trinajstić information content (AvgIpc) is 2.69. The summed E-state index contributed by atoms with van der Waals surface area (Å²) >= 11 is 0. The molecule has 0 saturated carbocycles. The van der Waals surface area contributed by atoms with E-state index in [2.05, 4.69) is 5.32 Å². The van der Waals surface area contributed by atoms with Crippen LogP contribution in [0.2, 0.25) is 0 Å². The van der Waals surface area contributed by atoms with E-state index in [1.54, 1.807) is 9.80 Å². The van der Waals surface area contributed by atoms with Crippen LogP contribution in [0.4, 0.5) is 9.59 Å². The van der Waals surface area contributed by atoms with Crippen LogP contribution >= 0.6 is 0 Å². The van der Waals surface area contributed by atoms with Gasteiger partial charge in [-0.2, -0.15) is 0 Å². The van der Waals surface area contributed by atoms with Crippen molar-refractivity contribution in [2.75, 3.05) is 19.6 Å². The van der Waals surface area contributed by atoms with Crippen LogP contribution in [0.3, 0.4) is 0 Å². The number of hydrogen-bond acceptors (Lipinski definition) is 5. The van der Waals surface area contributed by atoms with E-state index in [-0.39, 0.29) is 30.6 Å². The summed E-state index contributed by atoms with van der Waals surface area (Å²) in [5.41, 5.74) is 0.303. The Kier molecular flexibility index (Phi) is 8.30. The molecule has 0 aliphatic carbocycles. The molecule has 1 saturated heterocycles. The first kappa shape index (κ1) is 24.5. The summed E-state index contributed by atoms with van der Waals surface area (Å²) < 4.78 is 10.7. The largest absolute Gasteiger partial charge is 0.445 e. The molecule has 1 aliphatic heterocycles. The van der Waals surface area contributed by atoms with Crippen LogP contribution < -0.4 is 5.32 Å². The first-order valence-corrected chi connectivity index (χ1v) is 10.7. The third kappa shape index (κ3) is 7.45. The maximum Gasteiger partial charge on any atom is 0.410 e. The molecule has 8 heteroatoms. The summed E-state index contributed by atoms with van der Waals surface area (Å²) in [6.07, 6.45) is -1.01. The van der Waals surface area contributed by atoms with Gasteiger partial charge in [0.25, 0.3) is 0 Å². The maximum atomic E-state index is 13.2. The quantitative estimate of drug-likeness (QED) is 0.769. The van der Waals surface area contributed by atoms with Crippen LogP contribution in [0.1, 0.15) is 47.1 Å². The Morgan fingerprint density at radius 3 is 2.32 bits per heavy atom. The summed E-state index contributed by atoms with van der Waals surface area (Å²) in [6, 6.07) is 8.45. The predicted molar refractivity (Wildman–Crippen MR) is 117 cm³/mol. The number of piperazine rings is 1. The second-order valence-corrected chi connectivity index (χ2v) is 9.23. The van der Waals surface area contributed by atoms with Gasteiger partial charge < -0.3 is 24.6 Å². The lowest BCUT2D eigenvalue weighted by Crippen LogP contribution is -2.60. The van der Waals surface area contributed by atoms with Crippen LogP contribution in [0, 0.1) is 5.92 Å². The predicted octanol–water partition coefficient (Wildman–Crippen LogP) is 3.41. The summed E-state index contributed by atoms with van der Waals surface area (Å²) in [5.74, 6) is -0.295. The number of nitrogens with zero attached hydrogens (tertiary/aromatic N) is 2. The Balaban J connectivity index is 1.93. The molecule has 0 bridgehead atoms. The Morgan fingerprint density at radius 2 is 1.77 bits per heavy atom. The van der Waals surface area contributed by atoms with E-state index in [0.717, 1.165) is 5.56 Å². The van der Waals surface area contributed by atoms with Gasteiger partial charge in [0, 0.05) is 25.7 Å². The van der Waals surface area contributed by atoms with Crippen molar-refractivity contribution in [1.29, 1.82) is 0 Å². The normalized spacial score (nSPS) is 17.8. The van der Waals surface area contributed by atoms with Crippen LogP contribution in [0.25, 0.3) is 0 Å². The molecule has 8 nitrogen and oxygen atoms in total. The molecular formula is C23H35N3O5. The molecule has 3 amide bonds. The third-order valence-corrected chi connectivity index (χ3v) is 4.98. The van der Waals surface area contributed by atoms with Gasteiger partial charge in [-0.15, -0.1) is 0 Å². The molecule has 0 unspecified atom stereocenters. The highest BCUT2D eigenvalue weighted by molar-refractivity contribution is 5.86. The van der Waals surface area contributed by atoms with Crippen LogP contribution in [0.15, 0.2) is 30.3 Å². The smallest absolute Gasteiger partial charge is 0.410 e. The zero-order valence-corrected chi connectivity index (χ0v) is 19.4. The van der Waals surface area contributed by atoms with E-state index >= 15 is 0 Å². The Bertz CT molecular complexity index is 760. The lowest BCUT2D eigenvalue weighted by atomic mass is 10.0. The lowest BCUT2D eigenvalue weighted by molar-refractivity contribution is -0.139. The molecule has 1 aromatic rings. The molecule has 0 radical (unpaired) electrons. The molecule has 0 aromatic heterocycles. The average molecular weight is 434 g/mol. The van der Waals surface area contributed by atoms with Crippen molar-refractivity contribution in [2.24, 2.45) is 5.92 Å². The zero-order chi connectivity index (χ0) is 23.2. The molecule has 2 atom stereocenters. The Morgan fingerprint density at radius 1 is 1.13 bits per heavy atom. The van der Waals surface area contributed by atoms with Gasteiger partial charge in [0.1, 0.15) is 18.2 Å². The summed E-state index contributed by atoms with van der Waals surface area (Å²) in [7, 11) is 0. The second kappa shape index (κ2) is 10.5. The summed E-state index contributed by atoms with van der Waals surface area (Å²) in [6.45, 7) is 12.4. The SMILES string of the molecule is CC(C)[C@H](NC(=O)OCc1ccccc1)C(=O)N1CCN(C(=O)OC(C)(C)C)C[C@H]1C. The van der Waals surface area contributed by atoms with E-state index in [1.807, 2.05) is 71.9 Å². The highest BCUT2D eigenvalue weighted by atomic mass is 16.6. The van der Waals surface area contributed by atoms with Crippen LogP contribution in [0.5, 0.6) is 0 Å². The molecule has 1 N–H and O–H groups in total. The number of carbonyl (C=O) groups is 3. The van der Waals surface area contributed by atoms with Crippen molar-refractivity contribution >= 4 is 18.1 Å². The van der Waals surface area contributed by atoms with Crippen molar-refractivity contribution in [1.82, 2.24) is 15.1 Å². The van der Waals surface area contributed by atoms with Gasteiger partial charge in [0.2, 0.25) is 5.91 Å².